The first-order chi connectivity index (χ1) is 9.76. The van der Waals surface area contributed by atoms with Gasteiger partial charge in [0, 0.05) is 30.5 Å². The van der Waals surface area contributed by atoms with E-state index in [2.05, 4.69) is 31.1 Å². The van der Waals surface area contributed by atoms with Crippen LogP contribution in [0.3, 0.4) is 0 Å². The van der Waals surface area contributed by atoms with Gasteiger partial charge >= 0.3 is 6.36 Å². The van der Waals surface area contributed by atoms with Crippen LogP contribution in [-0.4, -0.2) is 16.1 Å². The molecule has 0 aliphatic rings. The van der Waals surface area contributed by atoms with E-state index in [1.165, 1.54) is 18.2 Å². The van der Waals surface area contributed by atoms with Gasteiger partial charge in [-0.25, -0.2) is 0 Å². The summed E-state index contributed by atoms with van der Waals surface area (Å²) in [7, 11) is 1.85. The molecule has 0 fully saturated rings. The summed E-state index contributed by atoms with van der Waals surface area (Å²) in [4.78, 5) is 0. The molecule has 114 valence electrons. The van der Waals surface area contributed by atoms with Gasteiger partial charge in [0.15, 0.2) is 0 Å². The summed E-state index contributed by atoms with van der Waals surface area (Å²) in [6.07, 6.45) is -2.96. The second-order valence-corrected chi connectivity index (χ2v) is 5.28. The van der Waals surface area contributed by atoms with Gasteiger partial charge in [-0.05, 0) is 41.1 Å². The van der Waals surface area contributed by atoms with E-state index in [0.717, 1.165) is 11.3 Å². The number of hydrogen-bond acceptors (Lipinski definition) is 3. The summed E-state index contributed by atoms with van der Waals surface area (Å²) in [6, 6.07) is 4.32. The van der Waals surface area contributed by atoms with Crippen molar-refractivity contribution in [1.29, 1.82) is 0 Å². The number of halogens is 4. The highest BCUT2D eigenvalue weighted by Crippen LogP contribution is 2.32. The highest BCUT2D eigenvalue weighted by Gasteiger charge is 2.31. The third kappa shape index (κ3) is 4.13. The molecule has 0 saturated carbocycles. The van der Waals surface area contributed by atoms with Crippen molar-refractivity contribution >= 4 is 21.6 Å². The van der Waals surface area contributed by atoms with Crippen LogP contribution in [0.15, 0.2) is 28.9 Å². The van der Waals surface area contributed by atoms with Crippen LogP contribution >= 0.6 is 15.9 Å². The van der Waals surface area contributed by atoms with E-state index in [1.54, 1.807) is 10.9 Å². The standard InChI is InChI=1S/C13H13BrF3N3O/c1-8-9(7-19-20(8)2)6-18-10-3-4-12(11(14)5-10)21-13(15,16)17/h3-5,7,18H,6H2,1-2H3. The quantitative estimate of drug-likeness (QED) is 0.892. The zero-order chi connectivity index (χ0) is 15.6. The van der Waals surface area contributed by atoms with E-state index >= 15 is 0 Å². The van der Waals surface area contributed by atoms with Crippen LogP contribution in [0.1, 0.15) is 11.3 Å². The maximum atomic E-state index is 12.2. The number of alkyl halides is 3. The van der Waals surface area contributed by atoms with Gasteiger partial charge in [-0.2, -0.15) is 5.10 Å². The molecule has 2 rings (SSSR count). The third-order valence-corrected chi connectivity index (χ3v) is 3.60. The Labute approximate surface area is 128 Å². The molecule has 0 aliphatic carbocycles. The third-order valence-electron chi connectivity index (χ3n) is 2.98. The molecule has 4 nitrogen and oxygen atoms in total. The largest absolute Gasteiger partial charge is 0.573 e. The Morgan fingerprint density at radius 3 is 2.62 bits per heavy atom. The van der Waals surface area contributed by atoms with Crippen molar-refractivity contribution in [2.75, 3.05) is 5.32 Å². The van der Waals surface area contributed by atoms with Crippen LogP contribution in [0.2, 0.25) is 0 Å². The van der Waals surface area contributed by atoms with Crippen LogP contribution < -0.4 is 10.1 Å². The zero-order valence-corrected chi connectivity index (χ0v) is 12.9. The van der Waals surface area contributed by atoms with Gasteiger partial charge in [0.1, 0.15) is 5.75 Å². The highest BCUT2D eigenvalue weighted by atomic mass is 79.9. The number of hydrogen-bond donors (Lipinski definition) is 1. The topological polar surface area (TPSA) is 39.1 Å². The van der Waals surface area contributed by atoms with Gasteiger partial charge in [-0.3, -0.25) is 4.68 Å². The summed E-state index contributed by atoms with van der Waals surface area (Å²) in [5.41, 5.74) is 2.72. The second kappa shape index (κ2) is 5.97. The maximum Gasteiger partial charge on any atom is 0.573 e. The number of rotatable bonds is 4. The molecule has 1 aromatic carbocycles. The van der Waals surface area contributed by atoms with Gasteiger partial charge < -0.3 is 10.1 Å². The maximum absolute atomic E-state index is 12.2. The molecule has 1 N–H and O–H groups in total. The Hall–Kier alpha value is -1.70. The van der Waals surface area contributed by atoms with E-state index in [1.807, 2.05) is 14.0 Å². The van der Waals surface area contributed by atoms with Gasteiger partial charge in [-0.15, -0.1) is 13.2 Å². The lowest BCUT2D eigenvalue weighted by Crippen LogP contribution is -2.17. The molecule has 0 unspecified atom stereocenters. The van der Waals surface area contributed by atoms with Crippen molar-refractivity contribution in [3.63, 3.8) is 0 Å². The Kier molecular flexibility index (Phi) is 4.46. The van der Waals surface area contributed by atoms with E-state index in [4.69, 9.17) is 0 Å². The molecule has 0 radical (unpaired) electrons. The fourth-order valence-electron chi connectivity index (χ4n) is 1.73. The van der Waals surface area contributed by atoms with Crippen LogP contribution in [0.4, 0.5) is 18.9 Å². The molecule has 0 aliphatic heterocycles. The number of aryl methyl sites for hydroxylation is 1. The molecule has 2 aromatic rings. The van der Waals surface area contributed by atoms with E-state index in [-0.39, 0.29) is 10.2 Å². The van der Waals surface area contributed by atoms with E-state index in [9.17, 15) is 13.2 Å². The van der Waals surface area contributed by atoms with Gasteiger partial charge in [0.2, 0.25) is 0 Å². The summed E-state index contributed by atoms with van der Waals surface area (Å²) < 4.78 is 42.4. The SMILES string of the molecule is Cc1c(CNc2ccc(OC(F)(F)F)c(Br)c2)cnn1C. The molecule has 0 saturated heterocycles. The number of nitrogens with zero attached hydrogens (tertiary/aromatic N) is 2. The predicted octanol–water partition coefficient (Wildman–Crippen LogP) is 4.00. The van der Waals surface area contributed by atoms with Crippen molar-refractivity contribution in [3.8, 4) is 5.75 Å². The normalized spacial score (nSPS) is 11.5. The molecule has 0 amide bonds. The molecular formula is C13H13BrF3N3O. The zero-order valence-electron chi connectivity index (χ0n) is 11.3. The van der Waals surface area contributed by atoms with E-state index < -0.39 is 6.36 Å². The average molecular weight is 364 g/mol. The van der Waals surface area contributed by atoms with Crippen molar-refractivity contribution in [3.05, 3.63) is 40.1 Å². The van der Waals surface area contributed by atoms with Gasteiger partial charge in [-0.1, -0.05) is 0 Å². The second-order valence-electron chi connectivity index (χ2n) is 4.43. The first-order valence-electron chi connectivity index (χ1n) is 6.03. The minimum absolute atomic E-state index is 0.229. The summed E-state index contributed by atoms with van der Waals surface area (Å²) in [5, 5.41) is 7.25. The lowest BCUT2D eigenvalue weighted by Gasteiger charge is -2.12. The van der Waals surface area contributed by atoms with Crippen molar-refractivity contribution in [1.82, 2.24) is 9.78 Å². The lowest BCUT2D eigenvalue weighted by atomic mass is 10.2. The molecule has 21 heavy (non-hydrogen) atoms. The van der Waals surface area contributed by atoms with Gasteiger partial charge in [0.05, 0.1) is 10.7 Å². The summed E-state index contributed by atoms with van der Waals surface area (Å²) >= 11 is 3.06. The Bertz CT molecular complexity index is 640. The molecule has 8 heteroatoms. The lowest BCUT2D eigenvalue weighted by molar-refractivity contribution is -0.274. The van der Waals surface area contributed by atoms with Crippen LogP contribution in [-0.2, 0) is 13.6 Å². The Balaban J connectivity index is 2.05. The predicted molar refractivity (Wildman–Crippen MR) is 76.1 cm³/mol. The Morgan fingerprint density at radius 2 is 2.10 bits per heavy atom. The molecule has 0 bridgehead atoms. The van der Waals surface area contributed by atoms with Crippen molar-refractivity contribution in [2.24, 2.45) is 7.05 Å². The average Bonchev–Trinajstić information content (AvgIpc) is 2.69. The number of ether oxygens (including phenoxy) is 1. The molecule has 1 aromatic heterocycles. The minimum Gasteiger partial charge on any atom is -0.405 e. The fourth-order valence-corrected chi connectivity index (χ4v) is 2.19. The van der Waals surface area contributed by atoms with Crippen LogP contribution in [0.25, 0.3) is 0 Å². The molecule has 1 heterocycles. The van der Waals surface area contributed by atoms with Crippen LogP contribution in [0, 0.1) is 6.92 Å². The monoisotopic (exact) mass is 363 g/mol. The summed E-state index contributed by atoms with van der Waals surface area (Å²) in [6.45, 7) is 2.48. The highest BCUT2D eigenvalue weighted by molar-refractivity contribution is 9.10. The fraction of sp³-hybridized carbons (Fsp3) is 0.308. The molecule has 0 spiro atoms. The Morgan fingerprint density at radius 1 is 1.38 bits per heavy atom. The van der Waals surface area contributed by atoms with Crippen molar-refractivity contribution in [2.45, 2.75) is 19.8 Å². The number of nitrogens with one attached hydrogen (secondary N) is 1. The molecular weight excluding hydrogens is 351 g/mol. The number of benzene rings is 1. The van der Waals surface area contributed by atoms with Crippen LogP contribution in [0.5, 0.6) is 5.75 Å². The number of aromatic nitrogens is 2. The van der Waals surface area contributed by atoms with Gasteiger partial charge in [0.25, 0.3) is 0 Å². The number of anilines is 1. The first-order valence-corrected chi connectivity index (χ1v) is 6.82. The molecule has 0 atom stereocenters. The smallest absolute Gasteiger partial charge is 0.405 e. The van der Waals surface area contributed by atoms with E-state index in [0.29, 0.717) is 12.2 Å². The minimum atomic E-state index is -4.70. The van der Waals surface area contributed by atoms with Crippen molar-refractivity contribution < 1.29 is 17.9 Å². The summed E-state index contributed by atoms with van der Waals surface area (Å²) in [5.74, 6) is -0.273. The first kappa shape index (κ1) is 15.7.